The summed E-state index contributed by atoms with van der Waals surface area (Å²) in [5.41, 5.74) is 4.42. The van der Waals surface area contributed by atoms with Crippen LogP contribution < -0.4 is 15.5 Å². The smallest absolute Gasteiger partial charge is 0.343 e. The summed E-state index contributed by atoms with van der Waals surface area (Å²) in [6, 6.07) is 23.0. The predicted molar refractivity (Wildman–Crippen MR) is 135 cm³/mol. The maximum Gasteiger partial charge on any atom is 0.343 e. The van der Waals surface area contributed by atoms with Gasteiger partial charge in [0, 0.05) is 11.1 Å². The minimum Gasteiger partial charge on any atom is -0.422 e. The lowest BCUT2D eigenvalue weighted by atomic mass is 10.0. The predicted octanol–water partition coefficient (Wildman–Crippen LogP) is 4.39. The van der Waals surface area contributed by atoms with Crippen LogP contribution in [0.25, 0.3) is 10.8 Å². The number of hydrazone groups is 1. The molecule has 0 fully saturated rings. The number of amides is 2. The molecule has 2 amide bonds. The van der Waals surface area contributed by atoms with Gasteiger partial charge in [-0.2, -0.15) is 5.10 Å². The maximum absolute atomic E-state index is 13.0. The lowest BCUT2D eigenvalue weighted by Crippen LogP contribution is -2.34. The van der Waals surface area contributed by atoms with Crippen molar-refractivity contribution in [1.29, 1.82) is 0 Å². The van der Waals surface area contributed by atoms with E-state index in [1.54, 1.807) is 24.3 Å². The van der Waals surface area contributed by atoms with Crippen molar-refractivity contribution >= 4 is 34.8 Å². The second kappa shape index (κ2) is 11.1. The van der Waals surface area contributed by atoms with Gasteiger partial charge in [-0.25, -0.2) is 14.6 Å². The van der Waals surface area contributed by atoms with E-state index in [1.807, 2.05) is 43.3 Å². The van der Waals surface area contributed by atoms with Gasteiger partial charge in [0.05, 0.1) is 18.3 Å². The van der Waals surface area contributed by atoms with Crippen LogP contribution in [0.2, 0.25) is 0 Å². The van der Waals surface area contributed by atoms with E-state index in [9.17, 15) is 18.8 Å². The van der Waals surface area contributed by atoms with E-state index in [0.717, 1.165) is 28.5 Å². The van der Waals surface area contributed by atoms with Gasteiger partial charge in [-0.15, -0.1) is 0 Å². The Morgan fingerprint density at radius 2 is 1.69 bits per heavy atom. The minimum atomic E-state index is -0.569. The fraction of sp³-hybridized carbons (Fsp3) is 0.0714. The third-order valence-corrected chi connectivity index (χ3v) is 5.29. The zero-order valence-corrected chi connectivity index (χ0v) is 19.3. The Morgan fingerprint density at radius 3 is 2.47 bits per heavy atom. The van der Waals surface area contributed by atoms with Crippen molar-refractivity contribution in [2.45, 2.75) is 6.92 Å². The fourth-order valence-electron chi connectivity index (χ4n) is 3.50. The number of benzene rings is 4. The molecule has 180 valence electrons. The zero-order valence-electron chi connectivity index (χ0n) is 19.3. The average molecular weight is 483 g/mol. The van der Waals surface area contributed by atoms with Gasteiger partial charge < -0.3 is 10.1 Å². The van der Waals surface area contributed by atoms with Gasteiger partial charge in [-0.3, -0.25) is 9.59 Å². The standard InChI is InChI=1S/C28H22FN3O4/c1-18-5-4-7-21(15-18)28(35)36-25-14-11-19-6-2-3-8-23(19)24(25)16-31-32-26(33)17-30-27(34)20-9-12-22(29)13-10-20/h2-16H,17H2,1H3,(H,30,34)(H,32,33)/b31-16-. The van der Waals surface area contributed by atoms with Gasteiger partial charge in [0.1, 0.15) is 11.6 Å². The van der Waals surface area contributed by atoms with Gasteiger partial charge in [-0.05, 0) is 60.2 Å². The maximum atomic E-state index is 13.0. The highest BCUT2D eigenvalue weighted by atomic mass is 19.1. The van der Waals surface area contributed by atoms with Crippen LogP contribution in [0.15, 0.2) is 90.0 Å². The van der Waals surface area contributed by atoms with Gasteiger partial charge in [-0.1, -0.05) is 48.0 Å². The van der Waals surface area contributed by atoms with Crippen molar-refractivity contribution in [3.8, 4) is 5.75 Å². The molecule has 0 spiro atoms. The first-order valence-corrected chi connectivity index (χ1v) is 11.1. The second-order valence-electron chi connectivity index (χ2n) is 7.94. The molecule has 0 saturated heterocycles. The molecule has 2 N–H and O–H groups in total. The largest absolute Gasteiger partial charge is 0.422 e. The molecule has 0 aliphatic carbocycles. The van der Waals surface area contributed by atoms with Crippen LogP contribution in [0.5, 0.6) is 5.75 Å². The van der Waals surface area contributed by atoms with E-state index in [-0.39, 0.29) is 17.9 Å². The zero-order chi connectivity index (χ0) is 25.5. The Kier molecular flexibility index (Phi) is 7.45. The Balaban J connectivity index is 1.47. The van der Waals surface area contributed by atoms with Crippen LogP contribution in [0.3, 0.4) is 0 Å². The number of ether oxygens (including phenoxy) is 1. The SMILES string of the molecule is Cc1cccc(C(=O)Oc2ccc3ccccc3c2/C=N\NC(=O)CNC(=O)c2ccc(F)cc2)c1. The molecule has 4 rings (SSSR count). The van der Waals surface area contributed by atoms with Gasteiger partial charge >= 0.3 is 5.97 Å². The van der Waals surface area contributed by atoms with E-state index in [1.165, 1.54) is 18.3 Å². The van der Waals surface area contributed by atoms with Crippen LogP contribution in [0, 0.1) is 12.7 Å². The molecule has 4 aromatic rings. The number of esters is 1. The summed E-state index contributed by atoms with van der Waals surface area (Å²) in [5.74, 6) is -1.79. The molecule has 0 heterocycles. The Morgan fingerprint density at radius 1 is 0.917 bits per heavy atom. The molecule has 0 atom stereocenters. The van der Waals surface area contributed by atoms with Crippen molar-refractivity contribution in [2.24, 2.45) is 5.10 Å². The van der Waals surface area contributed by atoms with E-state index in [4.69, 9.17) is 4.74 Å². The third-order valence-electron chi connectivity index (χ3n) is 5.29. The summed E-state index contributed by atoms with van der Waals surface area (Å²) in [6.07, 6.45) is 1.39. The molecule has 8 heteroatoms. The second-order valence-corrected chi connectivity index (χ2v) is 7.94. The summed E-state index contributed by atoms with van der Waals surface area (Å²) >= 11 is 0. The van der Waals surface area contributed by atoms with E-state index in [0.29, 0.717) is 11.1 Å². The normalized spacial score (nSPS) is 10.8. The van der Waals surface area contributed by atoms with Crippen LogP contribution in [0.1, 0.15) is 31.8 Å². The summed E-state index contributed by atoms with van der Waals surface area (Å²) in [4.78, 5) is 37.0. The Hall–Kier alpha value is -4.85. The van der Waals surface area contributed by atoms with Crippen molar-refractivity contribution in [3.05, 3.63) is 113 Å². The highest BCUT2D eigenvalue weighted by Gasteiger charge is 2.14. The number of aryl methyl sites for hydroxylation is 1. The summed E-state index contributed by atoms with van der Waals surface area (Å²) < 4.78 is 18.7. The number of nitrogens with one attached hydrogen (secondary N) is 2. The molecule has 4 aromatic carbocycles. The van der Waals surface area contributed by atoms with E-state index < -0.39 is 23.6 Å². The molecule has 0 radical (unpaired) electrons. The lowest BCUT2D eigenvalue weighted by molar-refractivity contribution is -0.120. The quantitative estimate of drug-likeness (QED) is 0.176. The summed E-state index contributed by atoms with van der Waals surface area (Å²) in [7, 11) is 0. The fourth-order valence-corrected chi connectivity index (χ4v) is 3.50. The van der Waals surface area contributed by atoms with Crippen molar-refractivity contribution < 1.29 is 23.5 Å². The third kappa shape index (κ3) is 5.98. The molecule has 0 bridgehead atoms. The number of carbonyl (C=O) groups is 3. The summed E-state index contributed by atoms with van der Waals surface area (Å²) in [6.45, 7) is 1.55. The van der Waals surface area contributed by atoms with Crippen LogP contribution >= 0.6 is 0 Å². The number of halogens is 1. The molecule has 7 nitrogen and oxygen atoms in total. The van der Waals surface area contributed by atoms with Gasteiger partial charge in [0.25, 0.3) is 11.8 Å². The number of hydrogen-bond donors (Lipinski definition) is 2. The number of carbonyl (C=O) groups excluding carboxylic acids is 3. The van der Waals surface area contributed by atoms with Gasteiger partial charge in [0.15, 0.2) is 0 Å². The summed E-state index contributed by atoms with van der Waals surface area (Å²) in [5, 5.41) is 8.10. The number of fused-ring (bicyclic) bond motifs is 1. The number of rotatable bonds is 7. The lowest BCUT2D eigenvalue weighted by Gasteiger charge is -2.11. The first-order chi connectivity index (χ1) is 17.4. The number of nitrogens with zero attached hydrogens (tertiary/aromatic N) is 1. The number of hydrogen-bond acceptors (Lipinski definition) is 5. The van der Waals surface area contributed by atoms with E-state index >= 15 is 0 Å². The highest BCUT2D eigenvalue weighted by molar-refractivity contribution is 6.04. The average Bonchev–Trinajstić information content (AvgIpc) is 2.88. The molecule has 0 saturated carbocycles. The first-order valence-electron chi connectivity index (χ1n) is 11.1. The molecule has 0 aliphatic rings. The van der Waals surface area contributed by atoms with Crippen LogP contribution in [-0.4, -0.2) is 30.5 Å². The molecular weight excluding hydrogens is 461 g/mol. The van der Waals surface area contributed by atoms with Crippen molar-refractivity contribution in [1.82, 2.24) is 10.7 Å². The van der Waals surface area contributed by atoms with Crippen LogP contribution in [0.4, 0.5) is 4.39 Å². The topological polar surface area (TPSA) is 96.9 Å². The van der Waals surface area contributed by atoms with E-state index in [2.05, 4.69) is 15.8 Å². The monoisotopic (exact) mass is 483 g/mol. The molecule has 36 heavy (non-hydrogen) atoms. The Bertz CT molecular complexity index is 1470. The minimum absolute atomic E-state index is 0.225. The van der Waals surface area contributed by atoms with Crippen LogP contribution in [-0.2, 0) is 4.79 Å². The van der Waals surface area contributed by atoms with Gasteiger partial charge in [0.2, 0.25) is 0 Å². The molecule has 0 aliphatic heterocycles. The highest BCUT2D eigenvalue weighted by Crippen LogP contribution is 2.27. The van der Waals surface area contributed by atoms with Crippen molar-refractivity contribution in [3.63, 3.8) is 0 Å². The molecular formula is C28H22FN3O4. The Labute approximate surface area is 206 Å². The first kappa shape index (κ1) is 24.3. The van der Waals surface area contributed by atoms with Crippen molar-refractivity contribution in [2.75, 3.05) is 6.54 Å². The molecule has 0 unspecified atom stereocenters. The molecule has 0 aromatic heterocycles.